The number of nitrogens with one attached hydrogen (secondary N) is 2. The number of fused-ring (bicyclic) bond motifs is 1. The number of hydrogen-bond acceptors (Lipinski definition) is 6. The summed E-state index contributed by atoms with van der Waals surface area (Å²) in [5.41, 5.74) is 2.19. The zero-order valence-electron chi connectivity index (χ0n) is 17.7. The molecule has 1 amide bonds. The van der Waals surface area contributed by atoms with Gasteiger partial charge in [-0.3, -0.25) is 14.9 Å². The molecule has 32 heavy (non-hydrogen) atoms. The van der Waals surface area contributed by atoms with Crippen LogP contribution in [0.4, 0.5) is 11.9 Å². The standard InChI is InChI=1S/C23H25N5O4/c1-32-17-12-10-16(11-13-17)19-14-18(15-6-3-2-4-7-15)24-23-26-22(27-28(19)23)25-20(29)8-5-9-21(30)31/h2-4,6-7,10-13,18-19H,5,8-9,14H2,1H3,(H,30,31)(H2,24,25,26,27,29)/t18-,19-/m1/s1. The van der Waals surface area contributed by atoms with Crippen LogP contribution in [0.1, 0.15) is 48.9 Å². The van der Waals surface area contributed by atoms with Crippen LogP contribution in [0.5, 0.6) is 5.75 Å². The zero-order chi connectivity index (χ0) is 22.5. The molecule has 2 atom stereocenters. The number of carbonyl (C=O) groups excluding carboxylic acids is 1. The lowest BCUT2D eigenvalue weighted by Gasteiger charge is -2.31. The molecule has 9 nitrogen and oxygen atoms in total. The molecule has 0 fully saturated rings. The fraction of sp³-hybridized carbons (Fsp3) is 0.304. The average Bonchev–Trinajstić information content (AvgIpc) is 3.21. The second kappa shape index (κ2) is 9.51. The largest absolute Gasteiger partial charge is 0.497 e. The van der Waals surface area contributed by atoms with Gasteiger partial charge in [0.15, 0.2) is 0 Å². The molecule has 0 spiro atoms. The van der Waals surface area contributed by atoms with E-state index < -0.39 is 5.97 Å². The number of ether oxygens (including phenoxy) is 1. The van der Waals surface area contributed by atoms with Crippen molar-refractivity contribution in [2.24, 2.45) is 0 Å². The number of aromatic nitrogens is 3. The van der Waals surface area contributed by atoms with E-state index in [4.69, 9.17) is 9.84 Å². The molecule has 0 aliphatic carbocycles. The highest BCUT2D eigenvalue weighted by atomic mass is 16.5. The summed E-state index contributed by atoms with van der Waals surface area (Å²) >= 11 is 0. The summed E-state index contributed by atoms with van der Waals surface area (Å²) in [5, 5.41) is 19.4. The molecular weight excluding hydrogens is 410 g/mol. The molecule has 3 N–H and O–H groups in total. The van der Waals surface area contributed by atoms with Gasteiger partial charge in [0.1, 0.15) is 5.75 Å². The number of benzene rings is 2. The summed E-state index contributed by atoms with van der Waals surface area (Å²) in [6.07, 6.45) is 1.05. The molecular formula is C23H25N5O4. The van der Waals surface area contributed by atoms with Crippen LogP contribution in [0.15, 0.2) is 54.6 Å². The lowest BCUT2D eigenvalue weighted by molar-refractivity contribution is -0.137. The Labute approximate surface area is 185 Å². The maximum Gasteiger partial charge on any atom is 0.303 e. The van der Waals surface area contributed by atoms with Crippen molar-refractivity contribution in [3.8, 4) is 5.75 Å². The molecule has 9 heteroatoms. The highest BCUT2D eigenvalue weighted by molar-refractivity contribution is 5.89. The van der Waals surface area contributed by atoms with Gasteiger partial charge in [0, 0.05) is 12.8 Å². The summed E-state index contributed by atoms with van der Waals surface area (Å²) in [5.74, 6) is 0.295. The second-order valence-electron chi connectivity index (χ2n) is 7.63. The van der Waals surface area contributed by atoms with Crippen LogP contribution in [0.25, 0.3) is 0 Å². The molecule has 2 heterocycles. The molecule has 3 aromatic rings. The third-order valence-electron chi connectivity index (χ3n) is 5.44. The fourth-order valence-electron chi connectivity index (χ4n) is 3.83. The molecule has 0 bridgehead atoms. The van der Waals surface area contributed by atoms with Gasteiger partial charge in [0.2, 0.25) is 11.9 Å². The van der Waals surface area contributed by atoms with Gasteiger partial charge in [-0.1, -0.05) is 42.5 Å². The molecule has 1 aliphatic heterocycles. The Balaban J connectivity index is 1.59. The van der Waals surface area contributed by atoms with Gasteiger partial charge >= 0.3 is 5.97 Å². The molecule has 1 aliphatic rings. The Bertz CT molecular complexity index is 1080. The molecule has 2 aromatic carbocycles. The van der Waals surface area contributed by atoms with Gasteiger partial charge in [-0.15, -0.1) is 5.10 Å². The van der Waals surface area contributed by atoms with Crippen molar-refractivity contribution in [3.05, 3.63) is 65.7 Å². The predicted octanol–water partition coefficient (Wildman–Crippen LogP) is 3.63. The fourth-order valence-corrected chi connectivity index (χ4v) is 3.83. The SMILES string of the molecule is COc1ccc([C@H]2C[C@H](c3ccccc3)Nc3nc(NC(=O)CCCC(=O)O)nn32)cc1. The van der Waals surface area contributed by atoms with Crippen molar-refractivity contribution in [2.75, 3.05) is 17.7 Å². The molecule has 0 saturated carbocycles. The highest BCUT2D eigenvalue weighted by Crippen LogP contribution is 2.38. The predicted molar refractivity (Wildman–Crippen MR) is 119 cm³/mol. The normalized spacial score (nSPS) is 17.2. The van der Waals surface area contributed by atoms with E-state index in [-0.39, 0.29) is 43.2 Å². The van der Waals surface area contributed by atoms with Gasteiger partial charge in [-0.05, 0) is 36.1 Å². The van der Waals surface area contributed by atoms with E-state index in [0.29, 0.717) is 5.95 Å². The number of carboxylic acids is 1. The minimum Gasteiger partial charge on any atom is -0.497 e. The Morgan fingerprint density at radius 3 is 2.56 bits per heavy atom. The van der Waals surface area contributed by atoms with Crippen LogP contribution >= 0.6 is 0 Å². The summed E-state index contributed by atoms with van der Waals surface area (Å²) in [6.45, 7) is 0. The zero-order valence-corrected chi connectivity index (χ0v) is 17.7. The third kappa shape index (κ3) is 4.88. The van der Waals surface area contributed by atoms with Gasteiger partial charge in [0.05, 0.1) is 19.2 Å². The third-order valence-corrected chi connectivity index (χ3v) is 5.44. The van der Waals surface area contributed by atoms with Gasteiger partial charge < -0.3 is 15.2 Å². The number of carbonyl (C=O) groups is 2. The number of amides is 1. The Morgan fingerprint density at radius 1 is 1.12 bits per heavy atom. The number of aliphatic carboxylic acids is 1. The first-order valence-corrected chi connectivity index (χ1v) is 10.5. The van der Waals surface area contributed by atoms with Crippen LogP contribution < -0.4 is 15.4 Å². The van der Waals surface area contributed by atoms with Crippen molar-refractivity contribution in [1.82, 2.24) is 14.8 Å². The maximum absolute atomic E-state index is 12.2. The van der Waals surface area contributed by atoms with Gasteiger partial charge in [-0.25, -0.2) is 4.68 Å². The van der Waals surface area contributed by atoms with Gasteiger partial charge in [-0.2, -0.15) is 4.98 Å². The van der Waals surface area contributed by atoms with Crippen molar-refractivity contribution >= 4 is 23.8 Å². The van der Waals surface area contributed by atoms with Crippen LogP contribution in [0.2, 0.25) is 0 Å². The maximum atomic E-state index is 12.2. The van der Waals surface area contributed by atoms with E-state index in [2.05, 4.69) is 32.8 Å². The van der Waals surface area contributed by atoms with E-state index in [9.17, 15) is 9.59 Å². The summed E-state index contributed by atoms with van der Waals surface area (Å²) in [7, 11) is 1.63. The molecule has 0 unspecified atom stereocenters. The molecule has 0 radical (unpaired) electrons. The van der Waals surface area contributed by atoms with E-state index in [1.54, 1.807) is 11.8 Å². The molecule has 1 aromatic heterocycles. The number of hydrogen-bond donors (Lipinski definition) is 3. The summed E-state index contributed by atoms with van der Waals surface area (Å²) in [4.78, 5) is 27.3. The number of nitrogens with zero attached hydrogens (tertiary/aromatic N) is 3. The first-order chi connectivity index (χ1) is 15.5. The first-order valence-electron chi connectivity index (χ1n) is 10.5. The highest BCUT2D eigenvalue weighted by Gasteiger charge is 2.31. The van der Waals surface area contributed by atoms with Crippen LogP contribution in [0, 0.1) is 0 Å². The summed E-state index contributed by atoms with van der Waals surface area (Å²) < 4.78 is 7.07. The smallest absolute Gasteiger partial charge is 0.303 e. The van der Waals surface area contributed by atoms with Crippen LogP contribution in [0.3, 0.4) is 0 Å². The van der Waals surface area contributed by atoms with E-state index in [1.165, 1.54) is 0 Å². The first kappa shape index (κ1) is 21.4. The number of carboxylic acid groups (broad SMARTS) is 1. The monoisotopic (exact) mass is 435 g/mol. The quantitative estimate of drug-likeness (QED) is 0.494. The van der Waals surface area contributed by atoms with E-state index >= 15 is 0 Å². The van der Waals surface area contributed by atoms with Crippen molar-refractivity contribution in [2.45, 2.75) is 37.8 Å². The van der Waals surface area contributed by atoms with E-state index in [0.717, 1.165) is 23.3 Å². The second-order valence-corrected chi connectivity index (χ2v) is 7.63. The van der Waals surface area contributed by atoms with Gasteiger partial charge in [0.25, 0.3) is 5.95 Å². The van der Waals surface area contributed by atoms with Crippen molar-refractivity contribution in [1.29, 1.82) is 0 Å². The Kier molecular flexibility index (Phi) is 6.34. The number of rotatable bonds is 8. The minimum absolute atomic E-state index is 0.0270. The lowest BCUT2D eigenvalue weighted by Crippen LogP contribution is -2.28. The average molecular weight is 435 g/mol. The summed E-state index contributed by atoms with van der Waals surface area (Å²) in [6, 6.07) is 17.9. The number of methoxy groups -OCH3 is 1. The molecule has 166 valence electrons. The lowest BCUT2D eigenvalue weighted by atomic mass is 9.93. The topological polar surface area (TPSA) is 118 Å². The minimum atomic E-state index is -0.924. The van der Waals surface area contributed by atoms with Crippen molar-refractivity contribution < 1.29 is 19.4 Å². The number of anilines is 2. The van der Waals surface area contributed by atoms with Crippen LogP contribution in [-0.4, -0.2) is 38.9 Å². The van der Waals surface area contributed by atoms with Crippen molar-refractivity contribution in [3.63, 3.8) is 0 Å². The Morgan fingerprint density at radius 2 is 1.88 bits per heavy atom. The van der Waals surface area contributed by atoms with E-state index in [1.807, 2.05) is 42.5 Å². The van der Waals surface area contributed by atoms with Crippen LogP contribution in [-0.2, 0) is 9.59 Å². The molecule has 0 saturated heterocycles. The molecule has 4 rings (SSSR count). The Hall–Kier alpha value is -3.88.